The molecule has 1 saturated carbocycles. The number of benzene rings is 1. The smallest absolute Gasteiger partial charge is 0.227 e. The van der Waals surface area contributed by atoms with E-state index >= 15 is 0 Å². The standard InChI is InChI=1S/C21H23N7O/c29-20(25-16-9-10-22-19-15(16)12-24-28-19)14-7-5-13(6-8-14)11-23-21-26-17-3-1-2-4-18(17)27-21/h1-4,9-10,12-14H,5-8,11H2,(H2,23,26,27)(H2,22,24,25,28,29). The van der Waals surface area contributed by atoms with Crippen molar-refractivity contribution in [3.05, 3.63) is 42.7 Å². The number of rotatable bonds is 5. The molecule has 3 heterocycles. The van der Waals surface area contributed by atoms with Crippen LogP contribution in [-0.4, -0.2) is 37.6 Å². The highest BCUT2D eigenvalue weighted by Crippen LogP contribution is 2.30. The maximum atomic E-state index is 12.7. The zero-order chi connectivity index (χ0) is 19.6. The highest BCUT2D eigenvalue weighted by molar-refractivity contribution is 6.00. The summed E-state index contributed by atoms with van der Waals surface area (Å²) in [4.78, 5) is 24.8. The Bertz CT molecular complexity index is 1110. The lowest BCUT2D eigenvalue weighted by molar-refractivity contribution is -0.121. The van der Waals surface area contributed by atoms with E-state index in [0.717, 1.165) is 60.3 Å². The second-order valence-electron chi connectivity index (χ2n) is 7.68. The topological polar surface area (TPSA) is 111 Å². The van der Waals surface area contributed by atoms with Gasteiger partial charge in [-0.15, -0.1) is 0 Å². The van der Waals surface area contributed by atoms with E-state index in [-0.39, 0.29) is 11.8 Å². The molecule has 1 aromatic carbocycles. The Labute approximate surface area is 167 Å². The van der Waals surface area contributed by atoms with Crippen molar-refractivity contribution in [2.24, 2.45) is 11.8 Å². The van der Waals surface area contributed by atoms with Crippen LogP contribution in [-0.2, 0) is 4.79 Å². The van der Waals surface area contributed by atoms with Gasteiger partial charge in [0, 0.05) is 18.7 Å². The van der Waals surface area contributed by atoms with Crippen LogP contribution in [0.1, 0.15) is 25.7 Å². The van der Waals surface area contributed by atoms with Gasteiger partial charge in [0.15, 0.2) is 5.65 Å². The number of nitrogens with one attached hydrogen (secondary N) is 4. The summed E-state index contributed by atoms with van der Waals surface area (Å²) in [5.74, 6) is 1.50. The van der Waals surface area contributed by atoms with E-state index in [0.29, 0.717) is 11.6 Å². The van der Waals surface area contributed by atoms with Crippen LogP contribution in [0, 0.1) is 11.8 Å². The van der Waals surface area contributed by atoms with Crippen LogP contribution >= 0.6 is 0 Å². The molecule has 29 heavy (non-hydrogen) atoms. The summed E-state index contributed by atoms with van der Waals surface area (Å²) in [6.45, 7) is 0.869. The lowest BCUT2D eigenvalue weighted by Gasteiger charge is -2.27. The maximum Gasteiger partial charge on any atom is 0.227 e. The van der Waals surface area contributed by atoms with Crippen molar-refractivity contribution in [3.8, 4) is 0 Å². The summed E-state index contributed by atoms with van der Waals surface area (Å²) in [7, 11) is 0. The number of para-hydroxylation sites is 2. The third-order valence-corrected chi connectivity index (χ3v) is 5.78. The maximum absolute atomic E-state index is 12.7. The van der Waals surface area contributed by atoms with E-state index in [1.54, 1.807) is 12.4 Å². The summed E-state index contributed by atoms with van der Waals surface area (Å²) in [6.07, 6.45) is 7.23. The molecule has 8 heteroatoms. The molecule has 0 spiro atoms. The molecule has 5 rings (SSSR count). The first-order chi connectivity index (χ1) is 14.3. The highest BCUT2D eigenvalue weighted by atomic mass is 16.1. The fourth-order valence-corrected chi connectivity index (χ4v) is 4.10. The molecule has 8 nitrogen and oxygen atoms in total. The summed E-state index contributed by atoms with van der Waals surface area (Å²) >= 11 is 0. The lowest BCUT2D eigenvalue weighted by Crippen LogP contribution is -2.29. The number of hydrogen-bond donors (Lipinski definition) is 4. The quantitative estimate of drug-likeness (QED) is 0.416. The number of amides is 1. The number of H-pyrrole nitrogens is 2. The number of fused-ring (bicyclic) bond motifs is 2. The minimum absolute atomic E-state index is 0.0487. The third-order valence-electron chi connectivity index (χ3n) is 5.78. The molecule has 148 valence electrons. The monoisotopic (exact) mass is 389 g/mol. The highest BCUT2D eigenvalue weighted by Gasteiger charge is 2.26. The predicted octanol–water partition coefficient (Wildman–Crippen LogP) is 3.69. The van der Waals surface area contributed by atoms with Crippen molar-refractivity contribution in [2.75, 3.05) is 17.2 Å². The average molecular weight is 389 g/mol. The number of aromatic nitrogens is 5. The van der Waals surface area contributed by atoms with Gasteiger partial charge in [0.2, 0.25) is 11.9 Å². The van der Waals surface area contributed by atoms with Crippen molar-refractivity contribution in [3.63, 3.8) is 0 Å². The Morgan fingerprint density at radius 3 is 2.86 bits per heavy atom. The van der Waals surface area contributed by atoms with E-state index < -0.39 is 0 Å². The predicted molar refractivity (Wildman–Crippen MR) is 113 cm³/mol. The molecular weight excluding hydrogens is 366 g/mol. The minimum Gasteiger partial charge on any atom is -0.356 e. The van der Waals surface area contributed by atoms with Crippen LogP contribution in [0.15, 0.2) is 42.7 Å². The Morgan fingerprint density at radius 2 is 2.00 bits per heavy atom. The van der Waals surface area contributed by atoms with E-state index in [2.05, 4.69) is 35.8 Å². The minimum atomic E-state index is 0.0487. The molecule has 4 aromatic rings. The van der Waals surface area contributed by atoms with Crippen LogP contribution in [0.25, 0.3) is 22.1 Å². The van der Waals surface area contributed by atoms with Crippen LogP contribution < -0.4 is 10.6 Å². The van der Waals surface area contributed by atoms with Gasteiger partial charge in [-0.3, -0.25) is 9.89 Å². The number of anilines is 2. The first kappa shape index (κ1) is 17.7. The van der Waals surface area contributed by atoms with Gasteiger partial charge in [0.1, 0.15) is 0 Å². The van der Waals surface area contributed by atoms with E-state index in [9.17, 15) is 4.79 Å². The van der Waals surface area contributed by atoms with Crippen LogP contribution in [0.4, 0.5) is 11.6 Å². The molecule has 0 aliphatic heterocycles. The van der Waals surface area contributed by atoms with Gasteiger partial charge in [-0.2, -0.15) is 5.10 Å². The van der Waals surface area contributed by atoms with Crippen LogP contribution in [0.3, 0.4) is 0 Å². The largest absolute Gasteiger partial charge is 0.356 e. The number of aromatic amines is 2. The normalized spacial score (nSPS) is 19.4. The first-order valence-corrected chi connectivity index (χ1v) is 10.0. The van der Waals surface area contributed by atoms with Crippen molar-refractivity contribution >= 4 is 39.6 Å². The Morgan fingerprint density at radius 1 is 1.14 bits per heavy atom. The molecule has 1 fully saturated rings. The molecule has 0 unspecified atom stereocenters. The van der Waals surface area contributed by atoms with Crippen molar-refractivity contribution in [1.29, 1.82) is 0 Å². The molecule has 0 atom stereocenters. The molecule has 3 aromatic heterocycles. The van der Waals surface area contributed by atoms with Gasteiger partial charge in [0.25, 0.3) is 0 Å². The van der Waals surface area contributed by atoms with E-state index in [1.807, 2.05) is 30.3 Å². The number of hydrogen-bond acceptors (Lipinski definition) is 5. The van der Waals surface area contributed by atoms with Gasteiger partial charge >= 0.3 is 0 Å². The summed E-state index contributed by atoms with van der Waals surface area (Å²) in [6, 6.07) is 9.83. The molecule has 1 aliphatic carbocycles. The van der Waals surface area contributed by atoms with E-state index in [4.69, 9.17) is 0 Å². The number of carbonyl (C=O) groups excluding carboxylic acids is 1. The molecule has 0 saturated heterocycles. The average Bonchev–Trinajstić information content (AvgIpc) is 3.39. The summed E-state index contributed by atoms with van der Waals surface area (Å²) < 4.78 is 0. The number of pyridine rings is 1. The van der Waals surface area contributed by atoms with Crippen molar-refractivity contribution in [1.82, 2.24) is 25.1 Å². The third kappa shape index (κ3) is 3.65. The number of nitrogens with zero attached hydrogens (tertiary/aromatic N) is 3. The first-order valence-electron chi connectivity index (χ1n) is 10.0. The second-order valence-corrected chi connectivity index (χ2v) is 7.68. The lowest BCUT2D eigenvalue weighted by atomic mass is 9.81. The van der Waals surface area contributed by atoms with Gasteiger partial charge in [-0.1, -0.05) is 12.1 Å². The van der Waals surface area contributed by atoms with Crippen LogP contribution in [0.5, 0.6) is 0 Å². The summed E-state index contributed by atoms with van der Waals surface area (Å²) in [5.41, 5.74) is 3.46. The molecule has 0 bridgehead atoms. The van der Waals surface area contributed by atoms with Crippen molar-refractivity contribution in [2.45, 2.75) is 25.7 Å². The Balaban J connectivity index is 1.14. The molecular formula is C21H23N7O. The molecule has 1 aliphatic rings. The van der Waals surface area contributed by atoms with Gasteiger partial charge in [-0.05, 0) is 49.8 Å². The van der Waals surface area contributed by atoms with Gasteiger partial charge < -0.3 is 15.6 Å². The Kier molecular flexibility index (Phi) is 4.59. The Hall–Kier alpha value is -3.42. The van der Waals surface area contributed by atoms with Crippen LogP contribution in [0.2, 0.25) is 0 Å². The molecule has 0 radical (unpaired) electrons. The van der Waals surface area contributed by atoms with E-state index in [1.165, 1.54) is 0 Å². The fourth-order valence-electron chi connectivity index (χ4n) is 4.10. The second kappa shape index (κ2) is 7.54. The molecule has 4 N–H and O–H groups in total. The van der Waals surface area contributed by atoms with Gasteiger partial charge in [0.05, 0.1) is 28.3 Å². The number of carbonyl (C=O) groups is 1. The number of imidazole rings is 1. The summed E-state index contributed by atoms with van der Waals surface area (Å²) in [5, 5.41) is 14.1. The zero-order valence-corrected chi connectivity index (χ0v) is 16.0. The van der Waals surface area contributed by atoms with Crippen molar-refractivity contribution < 1.29 is 4.79 Å². The van der Waals surface area contributed by atoms with Gasteiger partial charge in [-0.25, -0.2) is 9.97 Å². The fraction of sp³-hybridized carbons (Fsp3) is 0.333. The molecule has 1 amide bonds. The zero-order valence-electron chi connectivity index (χ0n) is 16.0. The SMILES string of the molecule is O=C(Nc1ccnc2[nH]ncc12)C1CCC(CNc2nc3ccccc3[nH]2)CC1.